The van der Waals surface area contributed by atoms with Gasteiger partial charge in [-0.2, -0.15) is 0 Å². The van der Waals surface area contributed by atoms with Gasteiger partial charge in [-0.25, -0.2) is 9.97 Å². The first-order valence-corrected chi connectivity index (χ1v) is 8.23. The summed E-state index contributed by atoms with van der Waals surface area (Å²) in [5, 5.41) is 0. The van der Waals surface area contributed by atoms with E-state index in [1.165, 1.54) is 6.33 Å². The van der Waals surface area contributed by atoms with Crippen LogP contribution in [0.3, 0.4) is 0 Å². The number of piperidine rings is 1. The van der Waals surface area contributed by atoms with Crippen molar-refractivity contribution in [1.29, 1.82) is 0 Å². The maximum absolute atomic E-state index is 12.6. The zero-order valence-corrected chi connectivity index (χ0v) is 13.5. The molecular formula is C16H23N5O2. The minimum Gasteiger partial charge on any atom is -0.356 e. The second kappa shape index (κ2) is 6.93. The van der Waals surface area contributed by atoms with Gasteiger partial charge in [0.15, 0.2) is 0 Å². The Morgan fingerprint density at radius 3 is 2.48 bits per heavy atom. The molecule has 0 atom stereocenters. The molecule has 1 aromatic rings. The van der Waals surface area contributed by atoms with Gasteiger partial charge in [0.1, 0.15) is 17.8 Å². The van der Waals surface area contributed by atoms with E-state index in [1.807, 2.05) is 0 Å². The highest BCUT2D eigenvalue weighted by Gasteiger charge is 2.24. The van der Waals surface area contributed by atoms with Gasteiger partial charge < -0.3 is 14.7 Å². The summed E-state index contributed by atoms with van der Waals surface area (Å²) in [7, 11) is 0. The molecule has 1 aromatic heterocycles. The fraction of sp³-hybridized carbons (Fsp3) is 0.625. The first kappa shape index (κ1) is 15.7. The van der Waals surface area contributed by atoms with Crippen LogP contribution in [-0.4, -0.2) is 71.4 Å². The van der Waals surface area contributed by atoms with E-state index in [1.54, 1.807) is 15.9 Å². The molecule has 2 aliphatic heterocycles. The van der Waals surface area contributed by atoms with E-state index in [0.29, 0.717) is 31.9 Å². The predicted octanol–water partition coefficient (Wildman–Crippen LogP) is 0.627. The smallest absolute Gasteiger partial charge is 0.272 e. The number of carbonyl (C=O) groups excluding carboxylic acids is 2. The molecule has 124 valence electrons. The van der Waals surface area contributed by atoms with Crippen LogP contribution in [0, 0.1) is 5.92 Å². The molecule has 0 unspecified atom stereocenters. The monoisotopic (exact) mass is 317 g/mol. The van der Waals surface area contributed by atoms with Crippen molar-refractivity contribution in [3.05, 3.63) is 18.1 Å². The molecule has 0 aromatic carbocycles. The summed E-state index contributed by atoms with van der Waals surface area (Å²) in [5.74, 6) is 1.51. The zero-order chi connectivity index (χ0) is 16.2. The highest BCUT2D eigenvalue weighted by molar-refractivity contribution is 5.93. The van der Waals surface area contributed by atoms with Crippen LogP contribution in [0.15, 0.2) is 12.4 Å². The van der Waals surface area contributed by atoms with Gasteiger partial charge in [-0.05, 0) is 18.8 Å². The zero-order valence-electron chi connectivity index (χ0n) is 13.5. The lowest BCUT2D eigenvalue weighted by Gasteiger charge is -2.33. The standard InChI is InChI=1S/C16H23N5O2/c1-13-2-4-20(5-3-13)15-10-14(17-11-18-15)16(23)21-8-6-19(12-22)7-9-21/h10-13H,2-9H2,1H3. The van der Waals surface area contributed by atoms with Crippen molar-refractivity contribution in [2.75, 3.05) is 44.2 Å². The summed E-state index contributed by atoms with van der Waals surface area (Å²) in [5.41, 5.74) is 0.438. The van der Waals surface area contributed by atoms with Gasteiger partial charge in [0.05, 0.1) is 0 Å². The van der Waals surface area contributed by atoms with Crippen LogP contribution in [0.4, 0.5) is 5.82 Å². The van der Waals surface area contributed by atoms with Gasteiger partial charge in [0, 0.05) is 45.3 Å². The average molecular weight is 317 g/mol. The third-order valence-electron chi connectivity index (χ3n) is 4.73. The fourth-order valence-electron chi connectivity index (χ4n) is 3.07. The van der Waals surface area contributed by atoms with Gasteiger partial charge in [-0.3, -0.25) is 9.59 Å². The van der Waals surface area contributed by atoms with E-state index in [2.05, 4.69) is 21.8 Å². The lowest BCUT2D eigenvalue weighted by Crippen LogP contribution is -2.48. The molecule has 2 saturated heterocycles. The lowest BCUT2D eigenvalue weighted by molar-refractivity contribution is -0.119. The highest BCUT2D eigenvalue weighted by atomic mass is 16.2. The Balaban J connectivity index is 1.67. The van der Waals surface area contributed by atoms with Crippen LogP contribution in [-0.2, 0) is 4.79 Å². The van der Waals surface area contributed by atoms with E-state index in [4.69, 9.17) is 0 Å². The number of piperazine rings is 1. The second-order valence-corrected chi connectivity index (χ2v) is 6.36. The Morgan fingerprint density at radius 2 is 1.83 bits per heavy atom. The number of anilines is 1. The largest absolute Gasteiger partial charge is 0.356 e. The van der Waals surface area contributed by atoms with Gasteiger partial charge >= 0.3 is 0 Å². The minimum absolute atomic E-state index is 0.0791. The van der Waals surface area contributed by atoms with Crippen molar-refractivity contribution in [2.24, 2.45) is 5.92 Å². The molecule has 3 rings (SSSR count). The third kappa shape index (κ3) is 3.60. The molecule has 0 bridgehead atoms. The molecule has 3 heterocycles. The van der Waals surface area contributed by atoms with E-state index >= 15 is 0 Å². The number of hydrogen-bond acceptors (Lipinski definition) is 5. The van der Waals surface area contributed by atoms with Gasteiger partial charge in [0.25, 0.3) is 5.91 Å². The van der Waals surface area contributed by atoms with Crippen LogP contribution in [0.5, 0.6) is 0 Å². The predicted molar refractivity (Wildman–Crippen MR) is 86.2 cm³/mol. The van der Waals surface area contributed by atoms with E-state index in [-0.39, 0.29) is 5.91 Å². The average Bonchev–Trinajstić information content (AvgIpc) is 2.62. The third-order valence-corrected chi connectivity index (χ3v) is 4.73. The van der Waals surface area contributed by atoms with E-state index in [0.717, 1.165) is 44.1 Å². The molecule has 0 aliphatic carbocycles. The van der Waals surface area contributed by atoms with Crippen molar-refractivity contribution in [1.82, 2.24) is 19.8 Å². The van der Waals surface area contributed by atoms with Crippen LogP contribution in [0.2, 0.25) is 0 Å². The summed E-state index contributed by atoms with van der Waals surface area (Å²) in [6, 6.07) is 1.80. The van der Waals surface area contributed by atoms with Gasteiger partial charge in [-0.1, -0.05) is 6.92 Å². The van der Waals surface area contributed by atoms with Crippen LogP contribution < -0.4 is 4.90 Å². The Kier molecular flexibility index (Phi) is 4.73. The minimum atomic E-state index is -0.0791. The summed E-state index contributed by atoms with van der Waals surface area (Å²) in [4.78, 5) is 37.5. The molecule has 0 spiro atoms. The Morgan fingerprint density at radius 1 is 1.13 bits per heavy atom. The highest BCUT2D eigenvalue weighted by Crippen LogP contribution is 2.21. The SMILES string of the molecule is CC1CCN(c2cc(C(=O)N3CCN(C=O)CC3)ncn2)CC1. The molecule has 0 saturated carbocycles. The molecule has 0 N–H and O–H groups in total. The summed E-state index contributed by atoms with van der Waals surface area (Å²) in [6.45, 7) is 6.49. The van der Waals surface area contributed by atoms with E-state index in [9.17, 15) is 9.59 Å². The summed E-state index contributed by atoms with van der Waals surface area (Å²) >= 11 is 0. The van der Waals surface area contributed by atoms with Gasteiger partial charge in [-0.15, -0.1) is 0 Å². The van der Waals surface area contributed by atoms with Gasteiger partial charge in [0.2, 0.25) is 6.41 Å². The molecule has 23 heavy (non-hydrogen) atoms. The second-order valence-electron chi connectivity index (χ2n) is 6.36. The van der Waals surface area contributed by atoms with Crippen LogP contribution in [0.1, 0.15) is 30.3 Å². The van der Waals surface area contributed by atoms with Crippen LogP contribution >= 0.6 is 0 Å². The Bertz CT molecular complexity index is 563. The van der Waals surface area contributed by atoms with Crippen molar-refractivity contribution in [2.45, 2.75) is 19.8 Å². The molecule has 2 aliphatic rings. The maximum Gasteiger partial charge on any atom is 0.272 e. The number of rotatable bonds is 3. The molecule has 2 fully saturated rings. The Labute approximate surface area is 136 Å². The maximum atomic E-state index is 12.6. The van der Waals surface area contributed by atoms with Crippen molar-refractivity contribution in [3.8, 4) is 0 Å². The first-order chi connectivity index (χ1) is 11.2. The number of nitrogens with zero attached hydrogens (tertiary/aromatic N) is 5. The quantitative estimate of drug-likeness (QED) is 0.765. The summed E-state index contributed by atoms with van der Waals surface area (Å²) < 4.78 is 0. The topological polar surface area (TPSA) is 69.6 Å². The molecule has 0 radical (unpaired) electrons. The van der Waals surface area contributed by atoms with Crippen molar-refractivity contribution < 1.29 is 9.59 Å². The van der Waals surface area contributed by atoms with Crippen molar-refractivity contribution in [3.63, 3.8) is 0 Å². The number of carbonyl (C=O) groups is 2. The normalized spacial score (nSPS) is 19.8. The molecule has 7 nitrogen and oxygen atoms in total. The van der Waals surface area contributed by atoms with Crippen molar-refractivity contribution >= 4 is 18.1 Å². The van der Waals surface area contributed by atoms with Crippen LogP contribution in [0.25, 0.3) is 0 Å². The number of hydrogen-bond donors (Lipinski definition) is 0. The lowest BCUT2D eigenvalue weighted by atomic mass is 9.99. The molecular weight excluding hydrogens is 294 g/mol. The Hall–Kier alpha value is -2.18. The molecule has 2 amide bonds. The number of aromatic nitrogens is 2. The fourth-order valence-corrected chi connectivity index (χ4v) is 3.07. The number of amides is 2. The first-order valence-electron chi connectivity index (χ1n) is 8.23. The summed E-state index contributed by atoms with van der Waals surface area (Å²) in [6.07, 6.45) is 4.62. The molecule has 7 heteroatoms. The van der Waals surface area contributed by atoms with E-state index < -0.39 is 0 Å².